The number of amides is 2. The van der Waals surface area contributed by atoms with E-state index < -0.39 is 11.2 Å². The minimum atomic E-state index is -0.459. The fourth-order valence-electron chi connectivity index (χ4n) is 2.47. The van der Waals surface area contributed by atoms with Gasteiger partial charge in [-0.1, -0.05) is 11.8 Å². The SMILES string of the molecule is CCN=C1SC(CC(=O)Nc2ccc(C(=O)OCC)cc2)C(=O)N1CC. The number of ether oxygens (including phenoxy) is 1. The van der Waals surface area contributed by atoms with Crippen LogP contribution in [-0.4, -0.2) is 52.8 Å². The molecular formula is C18H23N3O4S. The molecule has 1 heterocycles. The third kappa shape index (κ3) is 4.85. The minimum Gasteiger partial charge on any atom is -0.462 e. The smallest absolute Gasteiger partial charge is 0.338 e. The second kappa shape index (κ2) is 9.38. The quantitative estimate of drug-likeness (QED) is 0.738. The van der Waals surface area contributed by atoms with Crippen LogP contribution in [-0.2, 0) is 14.3 Å². The van der Waals surface area contributed by atoms with Crippen molar-refractivity contribution >= 4 is 40.4 Å². The van der Waals surface area contributed by atoms with Crippen molar-refractivity contribution in [1.82, 2.24) is 4.90 Å². The molecular weight excluding hydrogens is 354 g/mol. The first-order chi connectivity index (χ1) is 12.5. The molecule has 1 aromatic rings. The summed E-state index contributed by atoms with van der Waals surface area (Å²) in [5.74, 6) is -0.744. The molecule has 0 aliphatic carbocycles. The van der Waals surface area contributed by atoms with Gasteiger partial charge in [0.1, 0.15) is 5.25 Å². The van der Waals surface area contributed by atoms with E-state index in [1.54, 1.807) is 36.1 Å². The molecule has 0 aromatic heterocycles. The van der Waals surface area contributed by atoms with Crippen molar-refractivity contribution in [2.24, 2.45) is 4.99 Å². The maximum atomic E-state index is 12.4. The van der Waals surface area contributed by atoms with Crippen LogP contribution in [0.5, 0.6) is 0 Å². The van der Waals surface area contributed by atoms with E-state index in [9.17, 15) is 14.4 Å². The molecule has 0 bridgehead atoms. The van der Waals surface area contributed by atoms with Crippen LogP contribution in [0.3, 0.4) is 0 Å². The summed E-state index contributed by atoms with van der Waals surface area (Å²) in [6, 6.07) is 6.45. The molecule has 0 radical (unpaired) electrons. The third-order valence-electron chi connectivity index (χ3n) is 3.68. The van der Waals surface area contributed by atoms with Crippen LogP contribution in [0.4, 0.5) is 5.69 Å². The summed E-state index contributed by atoms with van der Waals surface area (Å²) < 4.78 is 4.92. The Balaban J connectivity index is 1.95. The summed E-state index contributed by atoms with van der Waals surface area (Å²) in [4.78, 5) is 42.2. The molecule has 1 aromatic carbocycles. The van der Waals surface area contributed by atoms with E-state index in [4.69, 9.17) is 4.74 Å². The van der Waals surface area contributed by atoms with Crippen LogP contribution < -0.4 is 5.32 Å². The molecule has 1 fully saturated rings. The number of nitrogens with zero attached hydrogens (tertiary/aromatic N) is 2. The molecule has 2 rings (SSSR count). The van der Waals surface area contributed by atoms with Crippen LogP contribution in [0.25, 0.3) is 0 Å². The number of aliphatic imine (C=N–C) groups is 1. The van der Waals surface area contributed by atoms with Gasteiger partial charge in [0.05, 0.1) is 12.2 Å². The molecule has 1 aliphatic rings. The number of nitrogens with one attached hydrogen (secondary N) is 1. The van der Waals surface area contributed by atoms with E-state index in [1.165, 1.54) is 11.8 Å². The predicted octanol–water partition coefficient (Wildman–Crippen LogP) is 2.53. The minimum absolute atomic E-state index is 0.0718. The van der Waals surface area contributed by atoms with Crippen molar-refractivity contribution in [3.63, 3.8) is 0 Å². The van der Waals surface area contributed by atoms with Crippen molar-refractivity contribution in [1.29, 1.82) is 0 Å². The van der Waals surface area contributed by atoms with E-state index in [0.717, 1.165) is 0 Å². The molecule has 0 spiro atoms. The molecule has 140 valence electrons. The van der Waals surface area contributed by atoms with Crippen molar-refractivity contribution in [2.75, 3.05) is 25.0 Å². The first-order valence-corrected chi connectivity index (χ1v) is 9.47. The van der Waals surface area contributed by atoms with Crippen LogP contribution in [0.1, 0.15) is 37.6 Å². The van der Waals surface area contributed by atoms with Gasteiger partial charge in [0.25, 0.3) is 0 Å². The van der Waals surface area contributed by atoms with Crippen molar-refractivity contribution in [2.45, 2.75) is 32.4 Å². The topological polar surface area (TPSA) is 88.1 Å². The van der Waals surface area contributed by atoms with E-state index in [-0.39, 0.29) is 18.2 Å². The number of rotatable bonds is 7. The predicted molar refractivity (Wildman–Crippen MR) is 102 cm³/mol. The summed E-state index contributed by atoms with van der Waals surface area (Å²) in [7, 11) is 0. The Kier molecular flexibility index (Phi) is 7.20. The van der Waals surface area contributed by atoms with E-state index in [1.807, 2.05) is 13.8 Å². The highest BCUT2D eigenvalue weighted by atomic mass is 32.2. The maximum absolute atomic E-state index is 12.4. The van der Waals surface area contributed by atoms with Crippen molar-refractivity contribution in [3.05, 3.63) is 29.8 Å². The van der Waals surface area contributed by atoms with Gasteiger partial charge >= 0.3 is 5.97 Å². The molecule has 26 heavy (non-hydrogen) atoms. The average molecular weight is 377 g/mol. The number of carbonyl (C=O) groups is 3. The molecule has 1 unspecified atom stereocenters. The lowest BCUT2D eigenvalue weighted by atomic mass is 10.2. The highest BCUT2D eigenvalue weighted by Gasteiger charge is 2.38. The zero-order valence-corrected chi connectivity index (χ0v) is 16.0. The monoisotopic (exact) mass is 377 g/mol. The molecule has 1 aliphatic heterocycles. The van der Waals surface area contributed by atoms with Gasteiger partial charge < -0.3 is 10.1 Å². The number of esters is 1. The Labute approximate surface area is 157 Å². The Morgan fingerprint density at radius 1 is 1.23 bits per heavy atom. The fraction of sp³-hybridized carbons (Fsp3) is 0.444. The number of carbonyl (C=O) groups excluding carboxylic acids is 3. The second-order valence-electron chi connectivity index (χ2n) is 5.50. The van der Waals surface area contributed by atoms with E-state index in [2.05, 4.69) is 10.3 Å². The first-order valence-electron chi connectivity index (χ1n) is 8.59. The molecule has 8 heteroatoms. The van der Waals surface area contributed by atoms with Gasteiger partial charge in [0.2, 0.25) is 11.8 Å². The highest BCUT2D eigenvalue weighted by Crippen LogP contribution is 2.29. The van der Waals surface area contributed by atoms with Gasteiger partial charge in [-0.3, -0.25) is 19.5 Å². The van der Waals surface area contributed by atoms with E-state index in [0.29, 0.717) is 36.1 Å². The Morgan fingerprint density at radius 2 is 1.92 bits per heavy atom. The molecule has 1 N–H and O–H groups in total. The van der Waals surface area contributed by atoms with Crippen LogP contribution in [0.2, 0.25) is 0 Å². The fourth-order valence-corrected chi connectivity index (χ4v) is 3.74. The van der Waals surface area contributed by atoms with Crippen molar-refractivity contribution in [3.8, 4) is 0 Å². The zero-order chi connectivity index (χ0) is 19.1. The summed E-state index contributed by atoms with van der Waals surface area (Å²) in [5.41, 5.74) is 0.985. The normalized spacial score (nSPS) is 18.3. The van der Waals surface area contributed by atoms with Gasteiger partial charge in [0.15, 0.2) is 5.17 Å². The van der Waals surface area contributed by atoms with Gasteiger partial charge in [-0.2, -0.15) is 0 Å². The highest BCUT2D eigenvalue weighted by molar-refractivity contribution is 8.15. The van der Waals surface area contributed by atoms with Gasteiger partial charge in [-0.15, -0.1) is 0 Å². The summed E-state index contributed by atoms with van der Waals surface area (Å²) in [6.45, 7) is 6.98. The third-order valence-corrected chi connectivity index (χ3v) is 4.89. The van der Waals surface area contributed by atoms with E-state index >= 15 is 0 Å². The molecule has 1 saturated heterocycles. The lowest BCUT2D eigenvalue weighted by molar-refractivity contribution is -0.128. The first kappa shape index (κ1) is 20.0. The Hall–Kier alpha value is -2.35. The van der Waals surface area contributed by atoms with Crippen LogP contribution in [0, 0.1) is 0 Å². The van der Waals surface area contributed by atoms with Crippen LogP contribution >= 0.6 is 11.8 Å². The number of benzene rings is 1. The number of anilines is 1. The lowest BCUT2D eigenvalue weighted by Crippen LogP contribution is -2.33. The summed E-state index contributed by atoms with van der Waals surface area (Å²) >= 11 is 1.33. The average Bonchev–Trinajstić information content (AvgIpc) is 2.90. The van der Waals surface area contributed by atoms with Gasteiger partial charge in [0, 0.05) is 25.2 Å². The van der Waals surface area contributed by atoms with Gasteiger partial charge in [-0.05, 0) is 45.0 Å². The Morgan fingerprint density at radius 3 is 2.50 bits per heavy atom. The van der Waals surface area contributed by atoms with Crippen molar-refractivity contribution < 1.29 is 19.1 Å². The standard InChI is InChI=1S/C18H23N3O4S/c1-4-19-18-21(5-2)16(23)14(26-18)11-15(22)20-13-9-7-12(8-10-13)17(24)25-6-3/h7-10,14H,4-6,11H2,1-3H3,(H,20,22). The molecule has 0 saturated carbocycles. The number of hydrogen-bond donors (Lipinski definition) is 1. The Bertz CT molecular complexity index is 703. The molecule has 2 amide bonds. The summed E-state index contributed by atoms with van der Waals surface area (Å²) in [5, 5.41) is 2.97. The largest absolute Gasteiger partial charge is 0.462 e. The zero-order valence-electron chi connectivity index (χ0n) is 15.2. The number of hydrogen-bond acceptors (Lipinski definition) is 6. The lowest BCUT2D eigenvalue weighted by Gasteiger charge is -2.13. The number of amidine groups is 1. The number of thioether (sulfide) groups is 1. The second-order valence-corrected chi connectivity index (χ2v) is 6.67. The molecule has 1 atom stereocenters. The maximum Gasteiger partial charge on any atom is 0.338 e. The summed E-state index contributed by atoms with van der Waals surface area (Å²) in [6.07, 6.45) is 0.0718. The molecule has 7 nitrogen and oxygen atoms in total. The van der Waals surface area contributed by atoms with Crippen LogP contribution in [0.15, 0.2) is 29.3 Å². The van der Waals surface area contributed by atoms with Gasteiger partial charge in [-0.25, -0.2) is 4.79 Å².